The molecule has 0 spiro atoms. The third kappa shape index (κ3) is 8.15. The monoisotopic (exact) mass is 518 g/mol. The van der Waals surface area contributed by atoms with Crippen molar-refractivity contribution in [2.45, 2.75) is 25.3 Å². The second-order valence-corrected chi connectivity index (χ2v) is 10.5. The van der Waals surface area contributed by atoms with E-state index in [0.29, 0.717) is 22.2 Å². The Kier molecular flexibility index (Phi) is 9.00. The van der Waals surface area contributed by atoms with Gasteiger partial charge in [-0.2, -0.15) is 8.42 Å². The topological polar surface area (TPSA) is 116 Å². The number of anilines is 1. The normalized spacial score (nSPS) is 21.0. The Morgan fingerprint density at radius 1 is 1.24 bits per heavy atom. The van der Waals surface area contributed by atoms with E-state index in [2.05, 4.69) is 20.1 Å². The summed E-state index contributed by atoms with van der Waals surface area (Å²) in [5, 5.41) is 4.23. The van der Waals surface area contributed by atoms with Crippen LogP contribution in [0.1, 0.15) is 29.9 Å². The lowest BCUT2D eigenvalue weighted by Gasteiger charge is -2.39. The molecule has 1 aromatic carbocycles. The zero-order valence-electron chi connectivity index (χ0n) is 18.3. The molecule has 182 valence electrons. The summed E-state index contributed by atoms with van der Waals surface area (Å²) >= 11 is 12.5. The molecule has 0 unspecified atom stereocenters. The van der Waals surface area contributed by atoms with E-state index in [4.69, 9.17) is 32.2 Å². The summed E-state index contributed by atoms with van der Waals surface area (Å²) in [6.45, 7) is 5.07. The van der Waals surface area contributed by atoms with Crippen molar-refractivity contribution in [3.05, 3.63) is 46.6 Å². The number of oxazole rings is 1. The van der Waals surface area contributed by atoms with Crippen molar-refractivity contribution in [2.75, 3.05) is 43.9 Å². The fourth-order valence-electron chi connectivity index (χ4n) is 3.99. The van der Waals surface area contributed by atoms with Crippen molar-refractivity contribution in [3.8, 4) is 0 Å². The first-order valence-electron chi connectivity index (χ1n) is 10.6. The minimum atomic E-state index is -3.67. The second-order valence-electron chi connectivity index (χ2n) is 8.27. The number of aromatic nitrogens is 1. The van der Waals surface area contributed by atoms with Crippen LogP contribution in [0.25, 0.3) is 0 Å². The van der Waals surface area contributed by atoms with Crippen LogP contribution in [0.2, 0.25) is 10.0 Å². The predicted octanol–water partition coefficient (Wildman–Crippen LogP) is 3.21. The van der Waals surface area contributed by atoms with Gasteiger partial charge in [0.1, 0.15) is 6.26 Å². The van der Waals surface area contributed by atoms with Crippen LogP contribution in [0.5, 0.6) is 0 Å². The molecule has 1 saturated carbocycles. The minimum absolute atomic E-state index is 0.140. The van der Waals surface area contributed by atoms with Crippen LogP contribution >= 0.6 is 23.2 Å². The Morgan fingerprint density at radius 2 is 1.91 bits per heavy atom. The highest BCUT2D eigenvalue weighted by Gasteiger charge is 2.31. The molecule has 1 aliphatic heterocycles. The highest BCUT2D eigenvalue weighted by molar-refractivity contribution is 7.85. The Balaban J connectivity index is 0.000000555. The van der Waals surface area contributed by atoms with E-state index >= 15 is 0 Å². The highest BCUT2D eigenvalue weighted by atomic mass is 35.5. The van der Waals surface area contributed by atoms with Crippen molar-refractivity contribution in [1.82, 2.24) is 15.2 Å². The lowest BCUT2D eigenvalue weighted by molar-refractivity contribution is 0.0842. The van der Waals surface area contributed by atoms with Gasteiger partial charge < -0.3 is 14.6 Å². The van der Waals surface area contributed by atoms with Crippen molar-refractivity contribution < 1.29 is 22.2 Å². The highest BCUT2D eigenvalue weighted by Crippen LogP contribution is 2.33. The Bertz CT molecular complexity index is 1010. The fraction of sp³-hybridized carbons (Fsp3) is 0.524. The third-order valence-electron chi connectivity index (χ3n) is 5.70. The van der Waals surface area contributed by atoms with Crippen LogP contribution in [0.4, 0.5) is 5.69 Å². The number of benzene rings is 1. The molecule has 9 nitrogen and oxygen atoms in total. The summed E-state index contributed by atoms with van der Waals surface area (Å²) in [4.78, 5) is 20.6. The van der Waals surface area contributed by atoms with E-state index in [1.54, 1.807) is 0 Å². The SMILES string of the molecule is CS(=O)(=O)O.O=C(N[C@H]1C[C@H](CCN2CCN(c3cccc(Cl)c3Cl)CC2)C1)c1ncco1. The number of hydrogen-bond donors (Lipinski definition) is 2. The van der Waals surface area contributed by atoms with Gasteiger partial charge >= 0.3 is 5.91 Å². The molecular weight excluding hydrogens is 491 g/mol. The van der Waals surface area contributed by atoms with E-state index in [1.807, 2.05) is 18.2 Å². The lowest BCUT2D eigenvalue weighted by Crippen LogP contribution is -2.48. The van der Waals surface area contributed by atoms with Gasteiger partial charge in [0.25, 0.3) is 16.0 Å². The van der Waals surface area contributed by atoms with E-state index in [1.165, 1.54) is 18.9 Å². The molecule has 0 atom stereocenters. The van der Waals surface area contributed by atoms with Gasteiger partial charge in [-0.3, -0.25) is 14.2 Å². The predicted molar refractivity (Wildman–Crippen MR) is 128 cm³/mol. The number of amides is 1. The minimum Gasteiger partial charge on any atom is -0.441 e. The summed E-state index contributed by atoms with van der Waals surface area (Å²) in [5.74, 6) is 0.598. The second kappa shape index (κ2) is 11.5. The summed E-state index contributed by atoms with van der Waals surface area (Å²) in [6.07, 6.45) is 6.85. The van der Waals surface area contributed by atoms with Crippen molar-refractivity contribution in [1.29, 1.82) is 0 Å². The number of nitrogens with one attached hydrogen (secondary N) is 1. The molecule has 1 saturated heterocycles. The van der Waals surface area contributed by atoms with Crippen LogP contribution in [-0.2, 0) is 10.1 Å². The van der Waals surface area contributed by atoms with Gasteiger partial charge in [0.15, 0.2) is 0 Å². The quantitative estimate of drug-likeness (QED) is 0.559. The van der Waals surface area contributed by atoms with Gasteiger partial charge in [0, 0.05) is 32.2 Å². The molecule has 2 aromatic rings. The summed E-state index contributed by atoms with van der Waals surface area (Å²) in [6, 6.07) is 6.05. The standard InChI is InChI=1S/C20H24Cl2N4O2.CH4O3S/c21-16-2-1-3-17(18(16)22)26-9-7-25(8-10-26)6-4-14-12-15(13-14)24-19(27)20-23-5-11-28-20;1-5(2,3)4/h1-3,5,11,14-15H,4,6-10,12-13H2,(H,24,27);1H3,(H,2,3,4)/t14-,15-;. The molecule has 1 amide bonds. The molecule has 0 bridgehead atoms. The molecule has 2 aliphatic rings. The van der Waals surface area contributed by atoms with Crippen molar-refractivity contribution in [2.24, 2.45) is 5.92 Å². The van der Waals surface area contributed by atoms with E-state index in [-0.39, 0.29) is 17.8 Å². The molecule has 0 radical (unpaired) electrons. The van der Waals surface area contributed by atoms with Gasteiger partial charge in [-0.1, -0.05) is 29.3 Å². The van der Waals surface area contributed by atoms with E-state index < -0.39 is 10.1 Å². The largest absolute Gasteiger partial charge is 0.441 e. The van der Waals surface area contributed by atoms with Gasteiger partial charge in [-0.05, 0) is 43.9 Å². The van der Waals surface area contributed by atoms with Crippen LogP contribution in [0.15, 0.2) is 35.1 Å². The van der Waals surface area contributed by atoms with E-state index in [9.17, 15) is 13.2 Å². The van der Waals surface area contributed by atoms with E-state index in [0.717, 1.165) is 51.3 Å². The smallest absolute Gasteiger partial charge is 0.307 e. The number of nitrogens with zero attached hydrogens (tertiary/aromatic N) is 3. The number of carbonyl (C=O) groups excluding carboxylic acids is 1. The maximum absolute atomic E-state index is 11.9. The van der Waals surface area contributed by atoms with Crippen LogP contribution in [0, 0.1) is 5.92 Å². The fourth-order valence-corrected chi connectivity index (χ4v) is 4.40. The maximum atomic E-state index is 11.9. The third-order valence-corrected chi connectivity index (χ3v) is 6.50. The number of carbonyl (C=O) groups is 1. The number of hydrogen-bond acceptors (Lipinski definition) is 7. The zero-order chi connectivity index (χ0) is 24.0. The zero-order valence-corrected chi connectivity index (χ0v) is 20.6. The van der Waals surface area contributed by atoms with Crippen LogP contribution in [0.3, 0.4) is 0 Å². The average molecular weight is 519 g/mol. The summed E-state index contributed by atoms with van der Waals surface area (Å²) < 4.78 is 30.9. The molecular formula is C21H28Cl2N4O5S. The molecule has 12 heteroatoms. The molecule has 2 heterocycles. The Labute approximate surface area is 203 Å². The first-order chi connectivity index (χ1) is 15.6. The molecule has 4 rings (SSSR count). The maximum Gasteiger partial charge on any atom is 0.307 e. The van der Waals surface area contributed by atoms with Gasteiger partial charge in [-0.15, -0.1) is 0 Å². The molecule has 2 N–H and O–H groups in total. The number of rotatable bonds is 6. The Hall–Kier alpha value is -1.85. The molecule has 33 heavy (non-hydrogen) atoms. The van der Waals surface area contributed by atoms with Crippen LogP contribution in [-0.4, -0.2) is 73.8 Å². The van der Waals surface area contributed by atoms with Gasteiger partial charge in [-0.25, -0.2) is 4.98 Å². The van der Waals surface area contributed by atoms with Crippen molar-refractivity contribution >= 4 is 44.9 Å². The molecule has 1 aromatic heterocycles. The lowest BCUT2D eigenvalue weighted by atomic mass is 9.78. The average Bonchev–Trinajstić information content (AvgIpc) is 3.26. The first-order valence-corrected chi connectivity index (χ1v) is 13.2. The molecule has 1 aliphatic carbocycles. The van der Waals surface area contributed by atoms with Gasteiger partial charge in [0.2, 0.25) is 0 Å². The van der Waals surface area contributed by atoms with Crippen LogP contribution < -0.4 is 10.2 Å². The number of piperazine rings is 1. The number of halogens is 2. The molecule has 2 fully saturated rings. The first kappa shape index (κ1) is 25.8. The Morgan fingerprint density at radius 3 is 2.52 bits per heavy atom. The van der Waals surface area contributed by atoms with Gasteiger partial charge in [0.05, 0.1) is 28.2 Å². The summed E-state index contributed by atoms with van der Waals surface area (Å²) in [5.41, 5.74) is 1.03. The summed E-state index contributed by atoms with van der Waals surface area (Å²) in [7, 11) is -3.67. The van der Waals surface area contributed by atoms with Crippen molar-refractivity contribution in [3.63, 3.8) is 0 Å².